The first kappa shape index (κ1) is 24.7. The molecule has 0 aliphatic heterocycles. The number of rotatable bonds is 8. The molecular formula is C21H19ClF3N5O2S. The Balaban J connectivity index is 1.88. The lowest BCUT2D eigenvalue weighted by Gasteiger charge is -2.33. The van der Waals surface area contributed by atoms with Crippen LogP contribution in [0.3, 0.4) is 0 Å². The van der Waals surface area contributed by atoms with Crippen LogP contribution in [0.25, 0.3) is 11.0 Å². The maximum absolute atomic E-state index is 12.9. The number of fused-ring (bicyclic) bond motifs is 1. The Bertz CT molecular complexity index is 1180. The van der Waals surface area contributed by atoms with Crippen LogP contribution in [0, 0.1) is 17.2 Å². The summed E-state index contributed by atoms with van der Waals surface area (Å²) in [6, 6.07) is 11.7. The Kier molecular flexibility index (Phi) is 7.39. The van der Waals surface area contributed by atoms with Crippen LogP contribution in [-0.4, -0.2) is 44.8 Å². The van der Waals surface area contributed by atoms with E-state index in [0.29, 0.717) is 21.8 Å². The molecular weight excluding hydrogens is 479 g/mol. The number of nitrogens with one attached hydrogen (secondary N) is 1. The van der Waals surface area contributed by atoms with E-state index in [1.807, 2.05) is 13.2 Å². The lowest BCUT2D eigenvalue weighted by molar-refractivity contribution is -0.274. The second-order valence-corrected chi connectivity index (χ2v) is 8.68. The third-order valence-electron chi connectivity index (χ3n) is 4.92. The van der Waals surface area contributed by atoms with Crippen molar-refractivity contribution in [3.8, 4) is 11.8 Å². The van der Waals surface area contributed by atoms with Crippen molar-refractivity contribution in [3.63, 3.8) is 0 Å². The topological polar surface area (TPSA) is 92.8 Å². The Hall–Kier alpha value is -2.97. The molecule has 0 aliphatic carbocycles. The van der Waals surface area contributed by atoms with Crippen molar-refractivity contribution < 1.29 is 22.7 Å². The fourth-order valence-corrected chi connectivity index (χ4v) is 4.14. The predicted molar refractivity (Wildman–Crippen MR) is 119 cm³/mol. The first-order valence-corrected chi connectivity index (χ1v) is 11.4. The third kappa shape index (κ3) is 6.09. The molecule has 0 bridgehead atoms. The van der Waals surface area contributed by atoms with Gasteiger partial charge in [0.25, 0.3) is 5.91 Å². The van der Waals surface area contributed by atoms with Gasteiger partial charge in [0.2, 0.25) is 0 Å². The number of thioether (sulfide) groups is 1. The number of carbonyl (C=O) groups excluding carboxylic acids is 1. The van der Waals surface area contributed by atoms with Gasteiger partial charge in [0.1, 0.15) is 16.8 Å². The quantitative estimate of drug-likeness (QED) is 0.486. The van der Waals surface area contributed by atoms with Crippen molar-refractivity contribution in [2.45, 2.75) is 25.4 Å². The molecule has 2 unspecified atom stereocenters. The largest absolute Gasteiger partial charge is 0.573 e. The minimum atomic E-state index is -4.84. The van der Waals surface area contributed by atoms with Crippen LogP contribution in [0.15, 0.2) is 42.5 Å². The van der Waals surface area contributed by atoms with Gasteiger partial charge in [0.05, 0.1) is 12.6 Å². The van der Waals surface area contributed by atoms with Gasteiger partial charge in [-0.3, -0.25) is 4.79 Å². The average molecular weight is 498 g/mol. The molecule has 0 saturated heterocycles. The zero-order chi connectivity index (χ0) is 24.2. The number of nitriles is 1. The number of halogens is 4. The van der Waals surface area contributed by atoms with Crippen molar-refractivity contribution >= 4 is 40.3 Å². The van der Waals surface area contributed by atoms with Crippen LogP contribution < -0.4 is 10.1 Å². The monoisotopic (exact) mass is 497 g/mol. The van der Waals surface area contributed by atoms with E-state index in [-0.39, 0.29) is 18.0 Å². The first-order valence-electron chi connectivity index (χ1n) is 9.64. The third-order valence-corrected chi connectivity index (χ3v) is 5.99. The minimum Gasteiger partial charge on any atom is -0.406 e. The minimum absolute atomic E-state index is 0.0431. The summed E-state index contributed by atoms with van der Waals surface area (Å²) in [5, 5.41) is 22.1. The summed E-state index contributed by atoms with van der Waals surface area (Å²) in [7, 11) is 0. The van der Waals surface area contributed by atoms with Gasteiger partial charge in [-0.05, 0) is 54.5 Å². The van der Waals surface area contributed by atoms with E-state index in [9.17, 15) is 23.2 Å². The Morgan fingerprint density at radius 3 is 2.52 bits per heavy atom. The van der Waals surface area contributed by atoms with E-state index < -0.39 is 23.6 Å². The van der Waals surface area contributed by atoms with Gasteiger partial charge in [0, 0.05) is 16.5 Å². The highest BCUT2D eigenvalue weighted by molar-refractivity contribution is 7.98. The summed E-state index contributed by atoms with van der Waals surface area (Å²) in [5.74, 6) is -0.832. The fraction of sp³-hybridized carbons (Fsp3) is 0.333. The standard InChI is InChI=1S/C21H19ClF3N5O2S/c1-13(10-33-2)20(11-26,12-30-28-17-8-5-15(22)9-18(17)29-30)27-19(31)14-3-6-16(7-4-14)32-21(23,24)25/h3-9,13H,10,12H2,1-2H3,(H,27,31). The molecule has 0 saturated carbocycles. The highest BCUT2D eigenvalue weighted by Crippen LogP contribution is 2.26. The Morgan fingerprint density at radius 2 is 1.91 bits per heavy atom. The summed E-state index contributed by atoms with van der Waals surface area (Å²) in [6.45, 7) is 1.78. The van der Waals surface area contributed by atoms with Crippen molar-refractivity contribution in [3.05, 3.63) is 53.1 Å². The summed E-state index contributed by atoms with van der Waals surface area (Å²) >= 11 is 7.51. The molecule has 7 nitrogen and oxygen atoms in total. The van der Waals surface area contributed by atoms with E-state index in [4.69, 9.17) is 11.6 Å². The van der Waals surface area contributed by atoms with Crippen LogP contribution in [0.5, 0.6) is 5.75 Å². The number of hydrogen-bond donors (Lipinski definition) is 1. The maximum Gasteiger partial charge on any atom is 0.573 e. The first-order chi connectivity index (χ1) is 15.5. The van der Waals surface area contributed by atoms with E-state index in [2.05, 4.69) is 26.3 Å². The van der Waals surface area contributed by atoms with Gasteiger partial charge in [0.15, 0.2) is 5.54 Å². The Morgan fingerprint density at radius 1 is 1.24 bits per heavy atom. The van der Waals surface area contributed by atoms with E-state index in [0.717, 1.165) is 12.1 Å². The molecule has 33 heavy (non-hydrogen) atoms. The lowest BCUT2D eigenvalue weighted by Crippen LogP contribution is -2.56. The summed E-state index contributed by atoms with van der Waals surface area (Å²) < 4.78 is 41.0. The fourth-order valence-electron chi connectivity index (χ4n) is 3.19. The number of aromatic nitrogens is 3. The summed E-state index contributed by atoms with van der Waals surface area (Å²) in [6.07, 6.45) is -2.96. The second kappa shape index (κ2) is 9.89. The van der Waals surface area contributed by atoms with Crippen LogP contribution >= 0.6 is 23.4 Å². The molecule has 2 aromatic carbocycles. The zero-order valence-electron chi connectivity index (χ0n) is 17.6. The van der Waals surface area contributed by atoms with Crippen LogP contribution in [0.2, 0.25) is 5.02 Å². The van der Waals surface area contributed by atoms with Gasteiger partial charge in [-0.1, -0.05) is 18.5 Å². The maximum atomic E-state index is 12.9. The van der Waals surface area contributed by atoms with Crippen molar-refractivity contribution in [2.75, 3.05) is 12.0 Å². The molecule has 174 valence electrons. The summed E-state index contributed by atoms with van der Waals surface area (Å²) in [5.41, 5.74) is -0.195. The molecule has 1 N–H and O–H groups in total. The molecule has 2 atom stereocenters. The number of carbonyl (C=O) groups is 1. The molecule has 1 heterocycles. The van der Waals surface area contributed by atoms with E-state index in [1.165, 1.54) is 28.7 Å². The van der Waals surface area contributed by atoms with E-state index >= 15 is 0 Å². The van der Waals surface area contributed by atoms with Crippen LogP contribution in [0.1, 0.15) is 17.3 Å². The second-order valence-electron chi connectivity index (χ2n) is 7.33. The number of alkyl halides is 3. The highest BCUT2D eigenvalue weighted by atomic mass is 35.5. The molecule has 12 heteroatoms. The van der Waals surface area contributed by atoms with Gasteiger partial charge < -0.3 is 10.1 Å². The van der Waals surface area contributed by atoms with E-state index in [1.54, 1.807) is 18.2 Å². The number of ether oxygens (including phenoxy) is 1. The van der Waals surface area contributed by atoms with Crippen LogP contribution in [0.4, 0.5) is 13.2 Å². The predicted octanol–water partition coefficient (Wildman–Crippen LogP) is 4.67. The molecule has 3 aromatic rings. The Labute approximate surface area is 196 Å². The van der Waals surface area contributed by atoms with Crippen molar-refractivity contribution in [2.24, 2.45) is 5.92 Å². The van der Waals surface area contributed by atoms with Crippen LogP contribution in [-0.2, 0) is 6.54 Å². The smallest absolute Gasteiger partial charge is 0.406 e. The average Bonchev–Trinajstić information content (AvgIpc) is 3.13. The summed E-state index contributed by atoms with van der Waals surface area (Å²) in [4.78, 5) is 14.3. The number of benzene rings is 2. The number of nitrogens with zero attached hydrogens (tertiary/aromatic N) is 4. The van der Waals surface area contributed by atoms with Crippen molar-refractivity contribution in [1.29, 1.82) is 5.26 Å². The molecule has 0 radical (unpaired) electrons. The molecule has 0 aliphatic rings. The zero-order valence-corrected chi connectivity index (χ0v) is 19.1. The molecule has 3 rings (SSSR count). The lowest BCUT2D eigenvalue weighted by atomic mass is 9.87. The van der Waals surface area contributed by atoms with Gasteiger partial charge in [-0.15, -0.1) is 13.2 Å². The van der Waals surface area contributed by atoms with Crippen molar-refractivity contribution in [1.82, 2.24) is 20.3 Å². The SMILES string of the molecule is CSCC(C)C(C#N)(Cn1nc2ccc(Cl)cc2n1)NC(=O)c1ccc(OC(F)(F)F)cc1. The van der Waals surface area contributed by atoms with Gasteiger partial charge in [-0.25, -0.2) is 0 Å². The number of hydrogen-bond acceptors (Lipinski definition) is 6. The number of amides is 1. The molecule has 0 fully saturated rings. The van der Waals surface area contributed by atoms with Gasteiger partial charge >= 0.3 is 6.36 Å². The van der Waals surface area contributed by atoms with Gasteiger partial charge in [-0.2, -0.15) is 32.0 Å². The molecule has 1 aromatic heterocycles. The molecule has 0 spiro atoms. The normalized spacial score (nSPS) is 14.3. The molecule has 1 amide bonds. The highest BCUT2D eigenvalue weighted by Gasteiger charge is 2.40.